The van der Waals surface area contributed by atoms with Crippen molar-refractivity contribution in [3.63, 3.8) is 0 Å². The summed E-state index contributed by atoms with van der Waals surface area (Å²) < 4.78 is 14.3. The summed E-state index contributed by atoms with van der Waals surface area (Å²) in [6, 6.07) is 33.3. The molecule has 0 fully saturated rings. The summed E-state index contributed by atoms with van der Waals surface area (Å²) in [5.41, 5.74) is 8.09. The van der Waals surface area contributed by atoms with Crippen molar-refractivity contribution in [2.45, 2.75) is 5.66 Å². The minimum Gasteiger partial charge on any atom is -0.456 e. The Hall–Kier alpha value is -4.96. The highest BCUT2D eigenvalue weighted by molar-refractivity contribution is 6.28. The molecule has 37 heavy (non-hydrogen) atoms. The van der Waals surface area contributed by atoms with Gasteiger partial charge in [-0.1, -0.05) is 30.3 Å². The standard InChI is InChI=1S/C33H17N3O/c1-2-16-34-24(10-1)23-8-4-11-25-28(23)33(34)29-26(37-25)15-14-20-19-7-3-6-18-12-13-21-22-9-5-17-35(33)32(22)36(31(20)29)30(21)27(18)19/h1-17H/q+2. The highest BCUT2D eigenvalue weighted by Crippen LogP contribution is 2.56. The fraction of sp³-hybridized carbons (Fsp3) is 0.0303. The van der Waals surface area contributed by atoms with Crippen LogP contribution < -0.4 is 13.9 Å². The van der Waals surface area contributed by atoms with Crippen LogP contribution in [-0.2, 0) is 5.66 Å². The third kappa shape index (κ3) is 1.55. The molecular formula is C33H17N3O+2. The van der Waals surface area contributed by atoms with E-state index in [1.54, 1.807) is 0 Å². The second-order valence-electron chi connectivity index (χ2n) is 10.6. The van der Waals surface area contributed by atoms with E-state index in [-0.39, 0.29) is 0 Å². The quantitative estimate of drug-likeness (QED) is 0.145. The Bertz CT molecular complexity index is 2400. The molecule has 4 nitrogen and oxygen atoms in total. The lowest BCUT2D eigenvalue weighted by Gasteiger charge is -2.33. The van der Waals surface area contributed by atoms with E-state index in [2.05, 4.69) is 117 Å². The van der Waals surface area contributed by atoms with Gasteiger partial charge in [-0.25, -0.2) is 0 Å². The van der Waals surface area contributed by atoms with Crippen molar-refractivity contribution in [2.75, 3.05) is 0 Å². The maximum absolute atomic E-state index is 6.75. The molecule has 1 spiro atoms. The predicted octanol–water partition coefficient (Wildman–Crippen LogP) is 6.26. The fourth-order valence-electron chi connectivity index (χ4n) is 7.98. The van der Waals surface area contributed by atoms with Gasteiger partial charge in [0.15, 0.2) is 17.3 Å². The molecule has 0 N–H and O–H groups in total. The van der Waals surface area contributed by atoms with Crippen LogP contribution in [0.15, 0.2) is 103 Å². The average Bonchev–Trinajstić information content (AvgIpc) is 3.45. The molecule has 3 aliphatic heterocycles. The van der Waals surface area contributed by atoms with Crippen LogP contribution in [-0.4, -0.2) is 4.40 Å². The van der Waals surface area contributed by atoms with Crippen LogP contribution in [0.3, 0.4) is 0 Å². The lowest BCUT2D eigenvalue weighted by Crippen LogP contribution is -2.74. The van der Waals surface area contributed by atoms with Crippen molar-refractivity contribution in [1.29, 1.82) is 0 Å². The highest BCUT2D eigenvalue weighted by atomic mass is 16.5. The Kier molecular flexibility index (Phi) is 2.48. The van der Waals surface area contributed by atoms with Gasteiger partial charge in [0.2, 0.25) is 5.69 Å². The topological polar surface area (TPSA) is 21.4 Å². The smallest absolute Gasteiger partial charge is 0.374 e. The van der Waals surface area contributed by atoms with Crippen LogP contribution >= 0.6 is 0 Å². The molecule has 168 valence electrons. The van der Waals surface area contributed by atoms with Crippen LogP contribution in [0, 0.1) is 0 Å². The Balaban J connectivity index is 1.57. The number of hydrogen-bond acceptors (Lipinski definition) is 1. The van der Waals surface area contributed by atoms with Gasteiger partial charge >= 0.3 is 11.3 Å². The molecule has 0 radical (unpaired) electrons. The van der Waals surface area contributed by atoms with Gasteiger partial charge in [-0.05, 0) is 59.3 Å². The molecule has 1 atom stereocenters. The molecule has 11 rings (SSSR count). The van der Waals surface area contributed by atoms with E-state index in [4.69, 9.17) is 4.74 Å². The zero-order valence-corrected chi connectivity index (χ0v) is 19.6. The minimum absolute atomic E-state index is 0.573. The first-order valence-corrected chi connectivity index (χ1v) is 12.8. The van der Waals surface area contributed by atoms with E-state index in [9.17, 15) is 0 Å². The number of ether oxygens (including phenoxy) is 1. The highest BCUT2D eigenvalue weighted by Gasteiger charge is 2.66. The predicted molar refractivity (Wildman–Crippen MR) is 143 cm³/mol. The Morgan fingerprint density at radius 3 is 2.43 bits per heavy atom. The summed E-state index contributed by atoms with van der Waals surface area (Å²) in [5, 5.41) is 7.77. The second-order valence-corrected chi connectivity index (χ2v) is 10.6. The van der Waals surface area contributed by atoms with Gasteiger partial charge in [-0.3, -0.25) is 0 Å². The molecule has 4 heteroatoms. The number of hydrogen-bond donors (Lipinski definition) is 0. The molecule has 1 unspecified atom stereocenters. The largest absolute Gasteiger partial charge is 0.456 e. The normalized spacial score (nSPS) is 18.1. The van der Waals surface area contributed by atoms with E-state index >= 15 is 0 Å². The molecule has 7 heterocycles. The van der Waals surface area contributed by atoms with Gasteiger partial charge in [-0.15, -0.1) is 4.57 Å². The van der Waals surface area contributed by atoms with Crippen molar-refractivity contribution in [1.82, 2.24) is 4.40 Å². The van der Waals surface area contributed by atoms with Crippen molar-refractivity contribution in [3.05, 3.63) is 115 Å². The van der Waals surface area contributed by atoms with Crippen molar-refractivity contribution in [3.8, 4) is 22.8 Å². The monoisotopic (exact) mass is 471 g/mol. The summed E-state index contributed by atoms with van der Waals surface area (Å²) in [7, 11) is 0. The number of benzene rings is 4. The summed E-state index contributed by atoms with van der Waals surface area (Å²) in [4.78, 5) is 0. The molecule has 0 saturated heterocycles. The first kappa shape index (κ1) is 17.5. The Morgan fingerprint density at radius 1 is 0.595 bits per heavy atom. The maximum atomic E-state index is 6.75. The van der Waals surface area contributed by atoms with Crippen LogP contribution in [0.25, 0.3) is 60.3 Å². The molecule has 0 aliphatic carbocycles. The second kappa shape index (κ2) is 5.25. The van der Waals surface area contributed by atoms with Gasteiger partial charge in [-0.2, -0.15) is 8.97 Å². The number of pyridine rings is 3. The average molecular weight is 472 g/mol. The van der Waals surface area contributed by atoms with Gasteiger partial charge < -0.3 is 4.74 Å². The third-order valence-corrected chi connectivity index (χ3v) is 9.14. The molecule has 4 aromatic heterocycles. The SMILES string of the molecule is c1cc2c3c(c1)-c1cccc[n+]1C31c3c(ccc4c5cccc6ccc7c8ccc[n+]1c8n(c34)c7c65)O2. The van der Waals surface area contributed by atoms with Gasteiger partial charge in [0.25, 0.3) is 0 Å². The van der Waals surface area contributed by atoms with E-state index in [1.807, 2.05) is 0 Å². The van der Waals surface area contributed by atoms with Gasteiger partial charge in [0.05, 0.1) is 17.1 Å². The van der Waals surface area contributed by atoms with Crippen molar-refractivity contribution in [2.24, 2.45) is 0 Å². The number of rotatable bonds is 0. The lowest BCUT2D eigenvalue weighted by atomic mass is 9.83. The summed E-state index contributed by atoms with van der Waals surface area (Å²) in [5.74, 6) is 1.86. The van der Waals surface area contributed by atoms with E-state index in [1.165, 1.54) is 71.4 Å². The summed E-state index contributed by atoms with van der Waals surface area (Å²) in [6.45, 7) is 0. The lowest BCUT2D eigenvalue weighted by molar-refractivity contribution is -0.954. The molecule has 8 aromatic rings. The zero-order chi connectivity index (χ0) is 23.6. The maximum Gasteiger partial charge on any atom is 0.374 e. The number of aromatic nitrogens is 3. The summed E-state index contributed by atoms with van der Waals surface area (Å²) in [6.07, 6.45) is 4.51. The van der Waals surface area contributed by atoms with Gasteiger partial charge in [0, 0.05) is 28.3 Å². The van der Waals surface area contributed by atoms with Crippen molar-refractivity contribution >= 4 is 49.0 Å². The molecule has 0 amide bonds. The van der Waals surface area contributed by atoms with Crippen LogP contribution in [0.5, 0.6) is 11.5 Å². The number of fused-ring (bicyclic) bond motifs is 4. The van der Waals surface area contributed by atoms with Crippen LogP contribution in [0.4, 0.5) is 0 Å². The minimum atomic E-state index is -0.573. The van der Waals surface area contributed by atoms with Gasteiger partial charge in [0.1, 0.15) is 22.6 Å². The first-order valence-electron chi connectivity index (χ1n) is 12.8. The fourth-order valence-corrected chi connectivity index (χ4v) is 7.98. The summed E-state index contributed by atoms with van der Waals surface area (Å²) >= 11 is 0. The molecule has 0 saturated carbocycles. The van der Waals surface area contributed by atoms with Crippen LogP contribution in [0.2, 0.25) is 0 Å². The Labute approximate surface area is 210 Å². The number of nitrogens with zero attached hydrogens (tertiary/aromatic N) is 3. The van der Waals surface area contributed by atoms with E-state index in [0.717, 1.165) is 11.5 Å². The third-order valence-electron chi connectivity index (χ3n) is 9.14. The van der Waals surface area contributed by atoms with Crippen molar-refractivity contribution < 1.29 is 13.9 Å². The zero-order valence-electron chi connectivity index (χ0n) is 19.6. The molecule has 3 aliphatic rings. The molecule has 0 bridgehead atoms. The Morgan fingerprint density at radius 2 is 1.43 bits per heavy atom. The van der Waals surface area contributed by atoms with Crippen LogP contribution in [0.1, 0.15) is 11.1 Å². The van der Waals surface area contributed by atoms with E-state index < -0.39 is 5.66 Å². The van der Waals surface area contributed by atoms with E-state index in [0.29, 0.717) is 0 Å². The molecule has 4 aromatic carbocycles. The first-order chi connectivity index (χ1) is 18.4. The molecular weight excluding hydrogens is 454 g/mol.